The fourth-order valence-corrected chi connectivity index (χ4v) is 8.26. The highest BCUT2D eigenvalue weighted by Gasteiger charge is 2.59. The Balaban J connectivity index is 1.32. The molecule has 1 aromatic carbocycles. The maximum Gasteiger partial charge on any atom is 0.136 e. The Morgan fingerprint density at radius 3 is 2.63 bits per heavy atom. The summed E-state index contributed by atoms with van der Waals surface area (Å²) in [4.78, 5) is 13.3. The van der Waals surface area contributed by atoms with Crippen LogP contribution in [0.5, 0.6) is 0 Å². The Morgan fingerprint density at radius 2 is 1.83 bits per heavy atom. The smallest absolute Gasteiger partial charge is 0.136 e. The first-order valence-electron chi connectivity index (χ1n) is 12.4. The summed E-state index contributed by atoms with van der Waals surface area (Å²) in [6.45, 7) is 4.94. The number of ketones is 1. The highest BCUT2D eigenvalue weighted by atomic mass is 16.3. The Morgan fingerprint density at radius 1 is 1.03 bits per heavy atom. The Kier molecular flexibility index (Phi) is 5.21. The van der Waals surface area contributed by atoms with Crippen molar-refractivity contribution in [2.24, 2.45) is 34.5 Å². The van der Waals surface area contributed by atoms with E-state index in [0.29, 0.717) is 23.5 Å². The highest BCUT2D eigenvalue weighted by Crippen LogP contribution is 2.66. The second-order valence-corrected chi connectivity index (χ2v) is 11.3. The zero-order chi connectivity index (χ0) is 20.9. The molecule has 4 aliphatic rings. The molecule has 30 heavy (non-hydrogen) atoms. The van der Waals surface area contributed by atoms with Crippen LogP contribution in [-0.4, -0.2) is 17.0 Å². The lowest BCUT2D eigenvalue weighted by molar-refractivity contribution is -0.129. The number of hydrogen-bond acceptors (Lipinski definition) is 2. The summed E-state index contributed by atoms with van der Waals surface area (Å²) >= 11 is 0. The fraction of sp³-hybridized carbons (Fsp3) is 0.679. The van der Waals surface area contributed by atoms with Crippen molar-refractivity contribution in [1.29, 1.82) is 0 Å². The standard InChI is InChI=1S/C28H38O2/c1-27-16-14-21(29)18-20(27)9-10-22-23-11-12-25(28(23,2)17-15-24(22)27)26(30)13-8-19-6-4-3-5-7-19/h3-7,9,21-25,29H,8,10-18H2,1-2H3/t21-,22-,23-,24-,25+,27-,28-/m0/s1. The van der Waals surface area contributed by atoms with Gasteiger partial charge in [-0.2, -0.15) is 0 Å². The molecule has 0 heterocycles. The zero-order valence-electron chi connectivity index (χ0n) is 18.8. The number of benzene rings is 1. The molecule has 0 aliphatic heterocycles. The molecule has 1 aromatic rings. The maximum atomic E-state index is 13.3. The number of hydrogen-bond donors (Lipinski definition) is 1. The van der Waals surface area contributed by atoms with Gasteiger partial charge in [0.15, 0.2) is 0 Å². The highest BCUT2D eigenvalue weighted by molar-refractivity contribution is 5.82. The van der Waals surface area contributed by atoms with Crippen molar-refractivity contribution in [2.45, 2.75) is 84.2 Å². The van der Waals surface area contributed by atoms with Crippen molar-refractivity contribution < 1.29 is 9.90 Å². The molecule has 5 rings (SSSR count). The first kappa shape index (κ1) is 20.5. The van der Waals surface area contributed by atoms with E-state index in [0.717, 1.165) is 43.9 Å². The Labute approximate surface area is 182 Å². The van der Waals surface area contributed by atoms with Crippen LogP contribution in [0.2, 0.25) is 0 Å². The van der Waals surface area contributed by atoms with Gasteiger partial charge in [-0.1, -0.05) is 55.8 Å². The van der Waals surface area contributed by atoms with E-state index in [1.807, 2.05) is 6.07 Å². The summed E-state index contributed by atoms with van der Waals surface area (Å²) in [6.07, 6.45) is 12.9. The lowest BCUT2D eigenvalue weighted by atomic mass is 9.47. The SMILES string of the molecule is C[C@]12CC[C@H]3[C@@H](CC=C4C[C@@H](O)CC[C@@]43C)[C@@H]1CC[C@@H]2C(=O)CCc1ccccc1. The molecule has 162 valence electrons. The quantitative estimate of drug-likeness (QED) is 0.611. The van der Waals surface area contributed by atoms with Crippen LogP contribution in [0, 0.1) is 34.5 Å². The van der Waals surface area contributed by atoms with Gasteiger partial charge in [-0.05, 0) is 91.9 Å². The largest absolute Gasteiger partial charge is 0.393 e. The molecule has 0 aromatic heterocycles. The van der Waals surface area contributed by atoms with Crippen LogP contribution in [0.1, 0.15) is 77.2 Å². The summed E-state index contributed by atoms with van der Waals surface area (Å²) in [7, 11) is 0. The Hall–Kier alpha value is -1.41. The maximum absolute atomic E-state index is 13.3. The molecule has 0 radical (unpaired) electrons. The molecule has 1 N–H and O–H groups in total. The molecule has 2 heteroatoms. The van der Waals surface area contributed by atoms with E-state index < -0.39 is 0 Å². The molecule has 3 saturated carbocycles. The molecule has 7 atom stereocenters. The van der Waals surface area contributed by atoms with E-state index in [-0.39, 0.29) is 17.4 Å². The Bertz CT molecular complexity index is 826. The second kappa shape index (κ2) is 7.62. The third-order valence-electron chi connectivity index (χ3n) is 9.97. The third kappa shape index (κ3) is 3.22. The monoisotopic (exact) mass is 406 g/mol. The van der Waals surface area contributed by atoms with E-state index in [1.54, 1.807) is 5.57 Å². The van der Waals surface area contributed by atoms with E-state index >= 15 is 0 Å². The van der Waals surface area contributed by atoms with Gasteiger partial charge < -0.3 is 5.11 Å². The minimum absolute atomic E-state index is 0.132. The van der Waals surface area contributed by atoms with E-state index in [4.69, 9.17) is 0 Å². The first-order valence-corrected chi connectivity index (χ1v) is 12.4. The van der Waals surface area contributed by atoms with Gasteiger partial charge in [-0.15, -0.1) is 0 Å². The van der Waals surface area contributed by atoms with Crippen molar-refractivity contribution in [3.8, 4) is 0 Å². The predicted molar refractivity (Wildman–Crippen MR) is 121 cm³/mol. The summed E-state index contributed by atoms with van der Waals surface area (Å²) in [5.41, 5.74) is 3.31. The number of fused-ring (bicyclic) bond motifs is 5. The topological polar surface area (TPSA) is 37.3 Å². The van der Waals surface area contributed by atoms with Crippen molar-refractivity contribution in [1.82, 2.24) is 0 Å². The van der Waals surface area contributed by atoms with E-state index in [1.165, 1.54) is 31.2 Å². The van der Waals surface area contributed by atoms with Crippen molar-refractivity contribution >= 4 is 5.78 Å². The number of aryl methyl sites for hydroxylation is 1. The van der Waals surface area contributed by atoms with Crippen molar-refractivity contribution in [3.63, 3.8) is 0 Å². The lowest BCUT2D eigenvalue weighted by Gasteiger charge is -2.58. The van der Waals surface area contributed by atoms with Crippen molar-refractivity contribution in [3.05, 3.63) is 47.5 Å². The minimum Gasteiger partial charge on any atom is -0.393 e. The number of carbonyl (C=O) groups is 1. The van der Waals surface area contributed by atoms with Gasteiger partial charge in [0.25, 0.3) is 0 Å². The van der Waals surface area contributed by atoms with Gasteiger partial charge in [-0.25, -0.2) is 0 Å². The molecule has 2 nitrogen and oxygen atoms in total. The summed E-state index contributed by atoms with van der Waals surface area (Å²) in [5.74, 6) is 2.96. The van der Waals surface area contributed by atoms with Crippen molar-refractivity contribution in [2.75, 3.05) is 0 Å². The second-order valence-electron chi connectivity index (χ2n) is 11.3. The van der Waals surface area contributed by atoms with Gasteiger partial charge in [0.1, 0.15) is 5.78 Å². The molecule has 4 aliphatic carbocycles. The van der Waals surface area contributed by atoms with Crippen LogP contribution >= 0.6 is 0 Å². The van der Waals surface area contributed by atoms with Gasteiger partial charge >= 0.3 is 0 Å². The van der Waals surface area contributed by atoms with Gasteiger partial charge in [0, 0.05) is 12.3 Å². The molecule has 0 amide bonds. The molecular weight excluding hydrogens is 368 g/mol. The van der Waals surface area contributed by atoms with Crippen LogP contribution in [0.15, 0.2) is 42.0 Å². The van der Waals surface area contributed by atoms with Crippen LogP contribution in [0.25, 0.3) is 0 Å². The third-order valence-corrected chi connectivity index (χ3v) is 9.97. The summed E-state index contributed by atoms with van der Waals surface area (Å²) < 4.78 is 0. The number of rotatable bonds is 4. The average Bonchev–Trinajstić information content (AvgIpc) is 3.10. The van der Waals surface area contributed by atoms with E-state index in [9.17, 15) is 9.90 Å². The fourth-order valence-electron chi connectivity index (χ4n) is 8.26. The number of allylic oxidation sites excluding steroid dienone is 1. The van der Waals surface area contributed by atoms with Gasteiger partial charge in [0.05, 0.1) is 6.10 Å². The van der Waals surface area contributed by atoms with Gasteiger partial charge in [0.2, 0.25) is 0 Å². The number of aliphatic hydroxyl groups excluding tert-OH is 1. The van der Waals surface area contributed by atoms with Crippen LogP contribution in [0.3, 0.4) is 0 Å². The summed E-state index contributed by atoms with van der Waals surface area (Å²) in [6, 6.07) is 10.5. The van der Waals surface area contributed by atoms with Crippen LogP contribution in [0.4, 0.5) is 0 Å². The van der Waals surface area contributed by atoms with Crippen LogP contribution < -0.4 is 0 Å². The average molecular weight is 407 g/mol. The molecule has 0 unspecified atom stereocenters. The van der Waals surface area contributed by atoms with Gasteiger partial charge in [-0.3, -0.25) is 4.79 Å². The normalized spacial score (nSPS) is 42.6. The number of aliphatic hydroxyl groups is 1. The predicted octanol–water partition coefficient (Wildman–Crippen LogP) is 6.13. The lowest BCUT2D eigenvalue weighted by Crippen LogP contribution is -2.51. The van der Waals surface area contributed by atoms with Crippen LogP contribution in [-0.2, 0) is 11.2 Å². The zero-order valence-corrected chi connectivity index (χ0v) is 18.8. The molecule has 0 bridgehead atoms. The minimum atomic E-state index is -0.132. The molecule has 0 saturated heterocycles. The summed E-state index contributed by atoms with van der Waals surface area (Å²) in [5, 5.41) is 10.2. The molecule has 3 fully saturated rings. The number of Topliss-reactive ketones (excluding diaryl/α,β-unsaturated/α-hetero) is 1. The number of carbonyl (C=O) groups excluding carboxylic acids is 1. The first-order chi connectivity index (χ1) is 14.4. The van der Waals surface area contributed by atoms with E-state index in [2.05, 4.69) is 44.2 Å². The molecule has 0 spiro atoms. The molecular formula is C28H38O2.